The lowest BCUT2D eigenvalue weighted by atomic mass is 10.1. The normalized spacial score (nSPS) is 12.8. The van der Waals surface area contributed by atoms with Gasteiger partial charge in [-0.3, -0.25) is 4.99 Å². The van der Waals surface area contributed by atoms with Crippen LogP contribution in [0.2, 0.25) is 0 Å². The molecule has 7 nitrogen and oxygen atoms in total. The molecule has 2 heterocycles. The molecular weight excluding hydrogens is 385 g/mol. The van der Waals surface area contributed by atoms with Crippen LogP contribution < -0.4 is 20.1 Å². The minimum Gasteiger partial charge on any atom is -0.454 e. The summed E-state index contributed by atoms with van der Waals surface area (Å²) in [6, 6.07) is 11.1. The maximum Gasteiger partial charge on any atom is 0.231 e. The molecule has 3 aromatic rings. The second kappa shape index (κ2) is 8.86. The maximum absolute atomic E-state index is 14.5. The van der Waals surface area contributed by atoms with E-state index in [-0.39, 0.29) is 12.6 Å². The first-order valence-corrected chi connectivity index (χ1v) is 9.76. The Labute approximate surface area is 174 Å². The number of nitrogens with zero attached hydrogens (tertiary/aromatic N) is 3. The number of fused-ring (bicyclic) bond motifs is 1. The fraction of sp³-hybridized carbons (Fsp3) is 0.273. The van der Waals surface area contributed by atoms with E-state index in [2.05, 4.69) is 20.6 Å². The zero-order valence-corrected chi connectivity index (χ0v) is 17.0. The molecule has 0 unspecified atom stereocenters. The first-order chi connectivity index (χ1) is 14.6. The molecule has 30 heavy (non-hydrogen) atoms. The van der Waals surface area contributed by atoms with Crippen molar-refractivity contribution in [2.75, 3.05) is 20.4 Å². The Morgan fingerprint density at radius 3 is 2.73 bits per heavy atom. The number of aliphatic imine (C=N–C) groups is 1. The van der Waals surface area contributed by atoms with E-state index >= 15 is 0 Å². The van der Waals surface area contributed by atoms with Gasteiger partial charge in [-0.25, -0.2) is 9.37 Å². The van der Waals surface area contributed by atoms with Gasteiger partial charge in [-0.15, -0.1) is 0 Å². The predicted octanol–water partition coefficient (Wildman–Crippen LogP) is 2.96. The van der Waals surface area contributed by atoms with Crippen molar-refractivity contribution in [3.8, 4) is 17.2 Å². The van der Waals surface area contributed by atoms with Crippen LogP contribution in [0, 0.1) is 12.7 Å². The summed E-state index contributed by atoms with van der Waals surface area (Å²) in [7, 11) is 1.71. The molecule has 0 saturated heterocycles. The van der Waals surface area contributed by atoms with Gasteiger partial charge in [0.25, 0.3) is 0 Å². The lowest BCUT2D eigenvalue weighted by Gasteiger charge is -2.13. The van der Waals surface area contributed by atoms with Gasteiger partial charge in [0, 0.05) is 32.5 Å². The van der Waals surface area contributed by atoms with Crippen LogP contribution in [0.5, 0.6) is 11.5 Å². The van der Waals surface area contributed by atoms with Crippen molar-refractivity contribution < 1.29 is 13.9 Å². The number of rotatable bonds is 6. The summed E-state index contributed by atoms with van der Waals surface area (Å²) in [5.74, 6) is 2.68. The van der Waals surface area contributed by atoms with Gasteiger partial charge < -0.3 is 24.7 Å². The molecule has 156 valence electrons. The van der Waals surface area contributed by atoms with Crippen molar-refractivity contribution in [2.45, 2.75) is 19.9 Å². The molecule has 0 atom stereocenters. The zero-order chi connectivity index (χ0) is 20.9. The molecule has 2 N–H and O–H groups in total. The van der Waals surface area contributed by atoms with Crippen LogP contribution in [0.3, 0.4) is 0 Å². The SMILES string of the molecule is CN=C(NCCc1ccc2c(c1)OCO2)NCc1ccc(-n2ccnc2C)c(F)c1. The van der Waals surface area contributed by atoms with Crippen molar-refractivity contribution in [2.24, 2.45) is 4.99 Å². The highest BCUT2D eigenvalue weighted by Crippen LogP contribution is 2.32. The Kier molecular flexibility index (Phi) is 5.83. The van der Waals surface area contributed by atoms with E-state index in [0.29, 0.717) is 24.7 Å². The highest BCUT2D eigenvalue weighted by Gasteiger charge is 2.13. The molecule has 0 radical (unpaired) electrons. The number of hydrogen-bond acceptors (Lipinski definition) is 4. The molecule has 0 fully saturated rings. The van der Waals surface area contributed by atoms with Crippen LogP contribution in [0.4, 0.5) is 4.39 Å². The van der Waals surface area contributed by atoms with Crippen molar-refractivity contribution in [1.82, 2.24) is 20.2 Å². The van der Waals surface area contributed by atoms with E-state index < -0.39 is 0 Å². The largest absolute Gasteiger partial charge is 0.454 e. The predicted molar refractivity (Wildman–Crippen MR) is 113 cm³/mol. The van der Waals surface area contributed by atoms with E-state index in [0.717, 1.165) is 34.9 Å². The molecule has 1 aromatic heterocycles. The van der Waals surface area contributed by atoms with Crippen molar-refractivity contribution in [3.05, 3.63) is 71.6 Å². The van der Waals surface area contributed by atoms with Crippen LogP contribution in [0.25, 0.3) is 5.69 Å². The van der Waals surface area contributed by atoms with Crippen LogP contribution in [-0.2, 0) is 13.0 Å². The molecule has 0 amide bonds. The van der Waals surface area contributed by atoms with Crippen LogP contribution in [-0.4, -0.2) is 35.9 Å². The average Bonchev–Trinajstić information content (AvgIpc) is 3.39. The number of aryl methyl sites for hydroxylation is 1. The second-order valence-corrected chi connectivity index (χ2v) is 6.92. The van der Waals surface area contributed by atoms with Crippen LogP contribution in [0.1, 0.15) is 17.0 Å². The summed E-state index contributed by atoms with van der Waals surface area (Å²) in [6.45, 7) is 3.28. The van der Waals surface area contributed by atoms with Crippen LogP contribution >= 0.6 is 0 Å². The van der Waals surface area contributed by atoms with E-state index in [4.69, 9.17) is 9.47 Å². The van der Waals surface area contributed by atoms with Crippen molar-refractivity contribution >= 4 is 5.96 Å². The van der Waals surface area contributed by atoms with Gasteiger partial charge >= 0.3 is 0 Å². The summed E-state index contributed by atoms with van der Waals surface area (Å²) in [5.41, 5.74) is 2.46. The number of imidazole rings is 1. The number of hydrogen-bond donors (Lipinski definition) is 2. The first-order valence-electron chi connectivity index (χ1n) is 9.76. The summed E-state index contributed by atoms with van der Waals surface area (Å²) >= 11 is 0. The third-order valence-corrected chi connectivity index (χ3v) is 4.92. The van der Waals surface area contributed by atoms with Crippen molar-refractivity contribution in [3.63, 3.8) is 0 Å². The smallest absolute Gasteiger partial charge is 0.231 e. The second-order valence-electron chi connectivity index (χ2n) is 6.92. The molecule has 0 aliphatic carbocycles. The quantitative estimate of drug-likeness (QED) is 0.484. The minimum atomic E-state index is -0.291. The van der Waals surface area contributed by atoms with Gasteiger partial charge in [-0.05, 0) is 48.7 Å². The molecule has 2 aromatic carbocycles. The van der Waals surface area contributed by atoms with E-state index in [1.54, 1.807) is 30.1 Å². The first kappa shape index (κ1) is 19.8. The highest BCUT2D eigenvalue weighted by atomic mass is 19.1. The third kappa shape index (κ3) is 4.37. The average molecular weight is 409 g/mol. The number of guanidine groups is 1. The fourth-order valence-corrected chi connectivity index (χ4v) is 3.32. The summed E-state index contributed by atoms with van der Waals surface area (Å²) < 4.78 is 27.0. The molecule has 1 aliphatic heterocycles. The summed E-state index contributed by atoms with van der Waals surface area (Å²) in [5, 5.41) is 6.49. The minimum absolute atomic E-state index is 0.275. The van der Waals surface area contributed by atoms with Crippen LogP contribution in [0.15, 0.2) is 53.8 Å². The van der Waals surface area contributed by atoms with Gasteiger partial charge in [0.05, 0.1) is 5.69 Å². The Morgan fingerprint density at radius 2 is 1.97 bits per heavy atom. The molecule has 4 rings (SSSR count). The van der Waals surface area contributed by atoms with E-state index in [9.17, 15) is 4.39 Å². The van der Waals surface area contributed by atoms with Gasteiger partial charge in [0.1, 0.15) is 11.6 Å². The van der Waals surface area contributed by atoms with Gasteiger partial charge in [0.15, 0.2) is 17.5 Å². The number of nitrogens with one attached hydrogen (secondary N) is 2. The molecule has 0 bridgehead atoms. The Bertz CT molecular complexity index is 1060. The number of halogens is 1. The number of ether oxygens (including phenoxy) is 2. The number of aromatic nitrogens is 2. The molecule has 1 aliphatic rings. The highest BCUT2D eigenvalue weighted by molar-refractivity contribution is 5.79. The molecule has 0 spiro atoms. The standard InChI is InChI=1S/C22H24FN5O2/c1-15-25-9-10-28(15)19-5-3-17(11-18(19)23)13-27-22(24-2)26-8-7-16-4-6-20-21(12-16)30-14-29-20/h3-6,9-12H,7-8,13-14H2,1-2H3,(H2,24,26,27). The van der Waals surface area contributed by atoms with Gasteiger partial charge in [0.2, 0.25) is 6.79 Å². The lowest BCUT2D eigenvalue weighted by molar-refractivity contribution is 0.174. The fourth-order valence-electron chi connectivity index (χ4n) is 3.32. The summed E-state index contributed by atoms with van der Waals surface area (Å²) in [4.78, 5) is 8.37. The topological polar surface area (TPSA) is 72.7 Å². The Morgan fingerprint density at radius 1 is 1.13 bits per heavy atom. The molecule has 8 heteroatoms. The third-order valence-electron chi connectivity index (χ3n) is 4.92. The maximum atomic E-state index is 14.5. The van der Waals surface area contributed by atoms with E-state index in [1.807, 2.05) is 31.2 Å². The monoisotopic (exact) mass is 409 g/mol. The van der Waals surface area contributed by atoms with Gasteiger partial charge in [-0.2, -0.15) is 0 Å². The van der Waals surface area contributed by atoms with Gasteiger partial charge in [-0.1, -0.05) is 12.1 Å². The lowest BCUT2D eigenvalue weighted by Crippen LogP contribution is -2.37. The number of benzene rings is 2. The van der Waals surface area contributed by atoms with Crippen molar-refractivity contribution in [1.29, 1.82) is 0 Å². The zero-order valence-electron chi connectivity index (χ0n) is 17.0. The molecular formula is C22H24FN5O2. The Hall–Kier alpha value is -3.55. The Balaban J connectivity index is 1.29. The summed E-state index contributed by atoms with van der Waals surface area (Å²) in [6.07, 6.45) is 4.21. The van der Waals surface area contributed by atoms with E-state index in [1.165, 1.54) is 6.07 Å². The molecule has 0 saturated carbocycles.